The quantitative estimate of drug-likeness (QED) is 0.414. The van der Waals surface area contributed by atoms with Crippen molar-refractivity contribution < 1.29 is 31.9 Å². The Bertz CT molecular complexity index is 1180. The number of alkyl halides is 2. The standard InChI is InChI=1S/C23H21ClF3N3O4/c24-15-5-3-14(16(25)8-15)10-29-21(31)20-19(9-28)33-22(30-20)13-4-6-17(34-23(26)27)18(7-13)32-11-12-1-2-12/h3-8,12,23H,1-2,9-11,28H2,(H,29,31). The third-order valence-electron chi connectivity index (χ3n) is 5.13. The van der Waals surface area contributed by atoms with Crippen molar-refractivity contribution in [2.24, 2.45) is 11.7 Å². The monoisotopic (exact) mass is 495 g/mol. The Morgan fingerprint density at radius 3 is 2.71 bits per heavy atom. The number of nitrogens with zero attached hydrogens (tertiary/aromatic N) is 1. The van der Waals surface area contributed by atoms with Crippen molar-refractivity contribution >= 4 is 17.5 Å². The zero-order chi connectivity index (χ0) is 24.2. The minimum atomic E-state index is -3.01. The molecule has 4 rings (SSSR count). The second-order valence-electron chi connectivity index (χ2n) is 7.71. The number of amides is 1. The van der Waals surface area contributed by atoms with Crippen molar-refractivity contribution in [2.45, 2.75) is 32.5 Å². The molecule has 1 aromatic heterocycles. The molecule has 0 spiro atoms. The molecule has 3 aromatic rings. The Kier molecular flexibility index (Phi) is 7.28. The Morgan fingerprint density at radius 2 is 2.03 bits per heavy atom. The summed E-state index contributed by atoms with van der Waals surface area (Å²) in [6.45, 7) is -2.87. The van der Waals surface area contributed by atoms with Crippen LogP contribution in [0.1, 0.15) is 34.7 Å². The summed E-state index contributed by atoms with van der Waals surface area (Å²) in [4.78, 5) is 16.9. The van der Waals surface area contributed by atoms with Crippen LogP contribution in [0.2, 0.25) is 5.02 Å². The number of hydrogen-bond donors (Lipinski definition) is 2. The first-order chi connectivity index (χ1) is 16.3. The number of rotatable bonds is 10. The van der Waals surface area contributed by atoms with Gasteiger partial charge in [-0.3, -0.25) is 4.79 Å². The van der Waals surface area contributed by atoms with Gasteiger partial charge in [0.2, 0.25) is 5.89 Å². The fourth-order valence-electron chi connectivity index (χ4n) is 3.15. The van der Waals surface area contributed by atoms with Gasteiger partial charge in [0.25, 0.3) is 5.91 Å². The molecule has 1 heterocycles. The van der Waals surface area contributed by atoms with E-state index in [1.165, 1.54) is 30.3 Å². The number of carbonyl (C=O) groups is 1. The number of aromatic nitrogens is 1. The van der Waals surface area contributed by atoms with Gasteiger partial charge in [0.15, 0.2) is 23.0 Å². The SMILES string of the molecule is NCc1oc(-c2ccc(OC(F)F)c(OCC3CC3)c2)nc1C(=O)NCc1ccc(Cl)cc1F. The lowest BCUT2D eigenvalue weighted by atomic mass is 10.2. The summed E-state index contributed by atoms with van der Waals surface area (Å²) >= 11 is 5.74. The van der Waals surface area contributed by atoms with Gasteiger partial charge in [0, 0.05) is 22.7 Å². The largest absolute Gasteiger partial charge is 0.489 e. The summed E-state index contributed by atoms with van der Waals surface area (Å²) in [5.41, 5.74) is 6.26. The van der Waals surface area contributed by atoms with Crippen molar-refractivity contribution in [1.82, 2.24) is 10.3 Å². The number of nitrogens with one attached hydrogen (secondary N) is 1. The number of nitrogens with two attached hydrogens (primary N) is 1. The van der Waals surface area contributed by atoms with Crippen molar-refractivity contribution in [1.29, 1.82) is 0 Å². The molecule has 0 saturated heterocycles. The highest BCUT2D eigenvalue weighted by Crippen LogP contribution is 2.36. The predicted molar refractivity (Wildman–Crippen MR) is 117 cm³/mol. The zero-order valence-corrected chi connectivity index (χ0v) is 18.6. The molecule has 0 aliphatic heterocycles. The van der Waals surface area contributed by atoms with Crippen LogP contribution in [0.4, 0.5) is 13.2 Å². The Labute approximate surface area is 198 Å². The zero-order valence-electron chi connectivity index (χ0n) is 17.8. The molecule has 7 nitrogen and oxygen atoms in total. The maximum absolute atomic E-state index is 14.0. The van der Waals surface area contributed by atoms with E-state index in [9.17, 15) is 18.0 Å². The molecule has 2 aromatic carbocycles. The summed E-state index contributed by atoms with van der Waals surface area (Å²) in [6.07, 6.45) is 2.03. The van der Waals surface area contributed by atoms with Crippen LogP contribution in [0.5, 0.6) is 11.5 Å². The molecular formula is C23H21ClF3N3O4. The summed E-state index contributed by atoms with van der Waals surface area (Å²) in [6, 6.07) is 8.35. The summed E-state index contributed by atoms with van der Waals surface area (Å²) < 4.78 is 55.4. The fourth-order valence-corrected chi connectivity index (χ4v) is 3.31. The smallest absolute Gasteiger partial charge is 0.387 e. The molecule has 1 saturated carbocycles. The molecule has 0 atom stereocenters. The van der Waals surface area contributed by atoms with Crippen molar-refractivity contribution in [3.63, 3.8) is 0 Å². The van der Waals surface area contributed by atoms with Crippen LogP contribution in [-0.2, 0) is 13.1 Å². The van der Waals surface area contributed by atoms with E-state index in [0.717, 1.165) is 18.9 Å². The Morgan fingerprint density at radius 1 is 1.24 bits per heavy atom. The van der Waals surface area contributed by atoms with Crippen molar-refractivity contribution in [2.75, 3.05) is 6.61 Å². The number of halogens is 4. The van der Waals surface area contributed by atoms with Gasteiger partial charge in [0.1, 0.15) is 5.82 Å². The van der Waals surface area contributed by atoms with Gasteiger partial charge in [-0.2, -0.15) is 8.78 Å². The summed E-state index contributed by atoms with van der Waals surface area (Å²) in [7, 11) is 0. The number of carbonyl (C=O) groups excluding carboxylic acids is 1. The molecule has 1 aliphatic rings. The minimum absolute atomic E-state index is 0.0446. The van der Waals surface area contributed by atoms with E-state index in [1.807, 2.05) is 0 Å². The number of benzene rings is 2. The van der Waals surface area contributed by atoms with Gasteiger partial charge in [0.05, 0.1) is 13.2 Å². The van der Waals surface area contributed by atoms with Crippen LogP contribution in [0.3, 0.4) is 0 Å². The van der Waals surface area contributed by atoms with E-state index in [4.69, 9.17) is 26.5 Å². The molecule has 0 bridgehead atoms. The van der Waals surface area contributed by atoms with E-state index < -0.39 is 18.3 Å². The van der Waals surface area contributed by atoms with Crippen LogP contribution in [0.25, 0.3) is 11.5 Å². The van der Waals surface area contributed by atoms with Crippen LogP contribution in [0.15, 0.2) is 40.8 Å². The molecule has 34 heavy (non-hydrogen) atoms. The van der Waals surface area contributed by atoms with E-state index in [1.54, 1.807) is 0 Å². The Balaban J connectivity index is 1.54. The maximum atomic E-state index is 14.0. The lowest BCUT2D eigenvalue weighted by Gasteiger charge is -2.12. The van der Waals surface area contributed by atoms with E-state index >= 15 is 0 Å². The third-order valence-corrected chi connectivity index (χ3v) is 5.37. The molecule has 0 unspecified atom stereocenters. The Hall–Kier alpha value is -3.24. The second-order valence-corrected chi connectivity index (χ2v) is 8.14. The van der Waals surface area contributed by atoms with Crippen LogP contribution in [0, 0.1) is 11.7 Å². The van der Waals surface area contributed by atoms with E-state index in [-0.39, 0.29) is 52.5 Å². The summed E-state index contributed by atoms with van der Waals surface area (Å²) in [5.74, 6) is -0.644. The van der Waals surface area contributed by atoms with E-state index in [2.05, 4.69) is 15.0 Å². The van der Waals surface area contributed by atoms with Crippen LogP contribution < -0.4 is 20.5 Å². The number of hydrogen-bond acceptors (Lipinski definition) is 6. The van der Waals surface area contributed by atoms with Gasteiger partial charge in [-0.25, -0.2) is 9.37 Å². The molecule has 3 N–H and O–H groups in total. The molecule has 180 valence electrons. The maximum Gasteiger partial charge on any atom is 0.387 e. The molecule has 0 radical (unpaired) electrons. The first-order valence-electron chi connectivity index (χ1n) is 10.5. The van der Waals surface area contributed by atoms with Gasteiger partial charge >= 0.3 is 6.61 Å². The number of ether oxygens (including phenoxy) is 2. The average molecular weight is 496 g/mol. The van der Waals surface area contributed by atoms with Gasteiger partial charge in [-0.05, 0) is 49.1 Å². The second kappa shape index (κ2) is 10.4. The fraction of sp³-hybridized carbons (Fsp3) is 0.304. The van der Waals surface area contributed by atoms with Crippen molar-refractivity contribution in [3.05, 3.63) is 64.3 Å². The molecule has 1 fully saturated rings. The lowest BCUT2D eigenvalue weighted by Crippen LogP contribution is -2.25. The molecular weight excluding hydrogens is 475 g/mol. The van der Waals surface area contributed by atoms with E-state index in [0.29, 0.717) is 18.1 Å². The van der Waals surface area contributed by atoms with Crippen LogP contribution in [-0.4, -0.2) is 24.1 Å². The van der Waals surface area contributed by atoms with Gasteiger partial charge < -0.3 is 24.9 Å². The minimum Gasteiger partial charge on any atom is -0.489 e. The highest BCUT2D eigenvalue weighted by atomic mass is 35.5. The van der Waals surface area contributed by atoms with Gasteiger partial charge in [-0.1, -0.05) is 17.7 Å². The predicted octanol–water partition coefficient (Wildman–Crippen LogP) is 4.91. The first-order valence-corrected chi connectivity index (χ1v) is 10.9. The first kappa shape index (κ1) is 23.9. The summed E-state index contributed by atoms with van der Waals surface area (Å²) in [5, 5.41) is 2.81. The highest BCUT2D eigenvalue weighted by Gasteiger charge is 2.24. The highest BCUT2D eigenvalue weighted by molar-refractivity contribution is 6.30. The third kappa shape index (κ3) is 5.81. The topological polar surface area (TPSA) is 99.6 Å². The normalized spacial score (nSPS) is 13.2. The number of oxazole rings is 1. The van der Waals surface area contributed by atoms with Gasteiger partial charge in [-0.15, -0.1) is 0 Å². The van der Waals surface area contributed by atoms with Crippen molar-refractivity contribution in [3.8, 4) is 23.0 Å². The molecule has 1 amide bonds. The van der Waals surface area contributed by atoms with Crippen LogP contribution >= 0.6 is 11.6 Å². The molecule has 11 heteroatoms. The lowest BCUT2D eigenvalue weighted by molar-refractivity contribution is -0.0515. The molecule has 1 aliphatic carbocycles. The average Bonchev–Trinajstić information content (AvgIpc) is 3.53.